The number of nitrogens with one attached hydrogen (secondary N) is 2. The third-order valence-corrected chi connectivity index (χ3v) is 4.16. The molecule has 23 heavy (non-hydrogen) atoms. The number of carbonyl (C=O) groups is 1. The second-order valence-electron chi connectivity index (χ2n) is 5.93. The van der Waals surface area contributed by atoms with E-state index in [0.717, 1.165) is 50.5 Å². The van der Waals surface area contributed by atoms with Gasteiger partial charge in [0.05, 0.1) is 6.54 Å². The summed E-state index contributed by atoms with van der Waals surface area (Å²) in [4.78, 5) is 14.2. The van der Waals surface area contributed by atoms with Gasteiger partial charge >= 0.3 is 0 Å². The summed E-state index contributed by atoms with van der Waals surface area (Å²) in [6.07, 6.45) is 2.30. The van der Waals surface area contributed by atoms with Gasteiger partial charge < -0.3 is 10.6 Å². The Labute approximate surface area is 144 Å². The van der Waals surface area contributed by atoms with E-state index >= 15 is 0 Å². The minimum atomic E-state index is -0.254. The molecule has 0 saturated carbocycles. The van der Waals surface area contributed by atoms with Crippen molar-refractivity contribution in [3.05, 3.63) is 35.6 Å². The number of benzene rings is 1. The van der Waals surface area contributed by atoms with Gasteiger partial charge in [-0.05, 0) is 62.6 Å². The number of nitrogens with zero attached hydrogens (tertiary/aromatic N) is 1. The molecule has 2 N–H and O–H groups in total. The maximum Gasteiger partial charge on any atom is 0.234 e. The molecule has 6 heteroatoms. The van der Waals surface area contributed by atoms with Crippen LogP contribution in [0, 0.1) is 11.7 Å². The van der Waals surface area contributed by atoms with Crippen LogP contribution in [0.4, 0.5) is 4.39 Å². The molecule has 1 heterocycles. The zero-order valence-electron chi connectivity index (χ0n) is 13.7. The van der Waals surface area contributed by atoms with Crippen molar-refractivity contribution in [2.24, 2.45) is 5.92 Å². The second-order valence-corrected chi connectivity index (χ2v) is 5.93. The molecule has 0 aromatic heterocycles. The number of halogens is 2. The van der Waals surface area contributed by atoms with Gasteiger partial charge in [0.2, 0.25) is 5.91 Å². The molecule has 4 nitrogen and oxygen atoms in total. The smallest absolute Gasteiger partial charge is 0.234 e. The Kier molecular flexibility index (Phi) is 9.14. The van der Waals surface area contributed by atoms with Crippen molar-refractivity contribution in [3.8, 4) is 0 Å². The first-order valence-corrected chi connectivity index (χ1v) is 8.11. The van der Waals surface area contributed by atoms with Gasteiger partial charge in [-0.15, -0.1) is 12.4 Å². The van der Waals surface area contributed by atoms with E-state index < -0.39 is 0 Å². The zero-order valence-corrected chi connectivity index (χ0v) is 14.5. The van der Waals surface area contributed by atoms with E-state index in [0.29, 0.717) is 13.1 Å². The quantitative estimate of drug-likeness (QED) is 0.797. The van der Waals surface area contributed by atoms with E-state index in [1.165, 1.54) is 12.1 Å². The van der Waals surface area contributed by atoms with E-state index in [2.05, 4.69) is 22.5 Å². The highest BCUT2D eigenvalue weighted by Gasteiger charge is 2.20. The average molecular weight is 344 g/mol. The number of rotatable bonds is 7. The molecule has 1 aromatic carbocycles. The molecular formula is C17H27ClFN3O. The predicted octanol–water partition coefficient (Wildman–Crippen LogP) is 2.19. The lowest BCUT2D eigenvalue weighted by Gasteiger charge is -2.31. The Bertz CT molecular complexity index is 461. The fourth-order valence-corrected chi connectivity index (χ4v) is 2.76. The first-order valence-electron chi connectivity index (χ1n) is 8.11. The minimum absolute atomic E-state index is 0. The van der Waals surface area contributed by atoms with Crippen LogP contribution >= 0.6 is 12.4 Å². The molecule has 0 aliphatic carbocycles. The third kappa shape index (κ3) is 7.29. The van der Waals surface area contributed by atoms with Gasteiger partial charge in [0.1, 0.15) is 5.82 Å². The highest BCUT2D eigenvalue weighted by atomic mass is 35.5. The van der Waals surface area contributed by atoms with Gasteiger partial charge in [0.15, 0.2) is 0 Å². The van der Waals surface area contributed by atoms with E-state index in [4.69, 9.17) is 0 Å². The molecule has 1 aliphatic rings. The molecule has 0 unspecified atom stereocenters. The van der Waals surface area contributed by atoms with Gasteiger partial charge in [-0.25, -0.2) is 4.39 Å². The maximum absolute atomic E-state index is 12.8. The van der Waals surface area contributed by atoms with Crippen LogP contribution in [0.15, 0.2) is 24.3 Å². The van der Waals surface area contributed by atoms with E-state index in [-0.39, 0.29) is 24.1 Å². The standard InChI is InChI=1S/C17H26FN3O.ClH/c1-2-19-11-15-7-9-21(10-8-15)13-17(22)20-12-14-3-5-16(18)6-4-14;/h3-6,15,19H,2,7-13H2,1H3,(H,20,22);1H. The number of hydrogen-bond donors (Lipinski definition) is 2. The van der Waals surface area contributed by atoms with Crippen LogP contribution in [0.25, 0.3) is 0 Å². The van der Waals surface area contributed by atoms with Gasteiger partial charge in [0, 0.05) is 6.54 Å². The van der Waals surface area contributed by atoms with Gasteiger partial charge in [0.25, 0.3) is 0 Å². The predicted molar refractivity (Wildman–Crippen MR) is 93.2 cm³/mol. The van der Waals surface area contributed by atoms with E-state index in [1.807, 2.05) is 0 Å². The second kappa shape index (κ2) is 10.6. The summed E-state index contributed by atoms with van der Waals surface area (Å²) in [5.74, 6) is 0.517. The fraction of sp³-hybridized carbons (Fsp3) is 0.588. The summed E-state index contributed by atoms with van der Waals surface area (Å²) < 4.78 is 12.8. The lowest BCUT2D eigenvalue weighted by atomic mass is 9.97. The van der Waals surface area contributed by atoms with Crippen LogP contribution in [-0.2, 0) is 11.3 Å². The summed E-state index contributed by atoms with van der Waals surface area (Å²) in [7, 11) is 0. The number of likely N-dealkylation sites (tertiary alicyclic amines) is 1. The Hall–Kier alpha value is -1.17. The molecule has 0 bridgehead atoms. The maximum atomic E-state index is 12.8. The van der Waals surface area contributed by atoms with Crippen molar-refractivity contribution in [3.63, 3.8) is 0 Å². The van der Waals surface area contributed by atoms with Crippen LogP contribution in [0.2, 0.25) is 0 Å². The molecule has 1 saturated heterocycles. The SMILES string of the molecule is CCNCC1CCN(CC(=O)NCc2ccc(F)cc2)CC1.Cl. The highest BCUT2D eigenvalue weighted by molar-refractivity contribution is 5.85. The van der Waals surface area contributed by atoms with Crippen LogP contribution in [0.3, 0.4) is 0 Å². The lowest BCUT2D eigenvalue weighted by Crippen LogP contribution is -2.42. The number of carbonyl (C=O) groups excluding carboxylic acids is 1. The third-order valence-electron chi connectivity index (χ3n) is 4.16. The lowest BCUT2D eigenvalue weighted by molar-refractivity contribution is -0.122. The Morgan fingerprint density at radius 2 is 1.91 bits per heavy atom. The Balaban J connectivity index is 0.00000264. The summed E-state index contributed by atoms with van der Waals surface area (Å²) in [6, 6.07) is 6.22. The molecular weight excluding hydrogens is 317 g/mol. The average Bonchev–Trinajstić information content (AvgIpc) is 2.54. The van der Waals surface area contributed by atoms with Crippen molar-refractivity contribution >= 4 is 18.3 Å². The van der Waals surface area contributed by atoms with Crippen LogP contribution in [0.5, 0.6) is 0 Å². The first-order chi connectivity index (χ1) is 10.7. The molecule has 1 aromatic rings. The van der Waals surface area contributed by atoms with Crippen molar-refractivity contribution in [1.29, 1.82) is 0 Å². The van der Waals surface area contributed by atoms with Crippen LogP contribution in [-0.4, -0.2) is 43.5 Å². The normalized spacial score (nSPS) is 15.9. The molecule has 1 fully saturated rings. The number of hydrogen-bond acceptors (Lipinski definition) is 3. The summed E-state index contributed by atoms with van der Waals surface area (Å²) in [5.41, 5.74) is 0.916. The van der Waals surface area contributed by atoms with E-state index in [1.54, 1.807) is 12.1 Å². The summed E-state index contributed by atoms with van der Waals surface area (Å²) in [5, 5.41) is 6.29. The van der Waals surface area contributed by atoms with Gasteiger partial charge in [-0.2, -0.15) is 0 Å². The van der Waals surface area contributed by atoms with Crippen molar-refractivity contribution in [2.45, 2.75) is 26.3 Å². The molecule has 0 spiro atoms. The number of amides is 1. The van der Waals surface area contributed by atoms with Crippen LogP contribution in [0.1, 0.15) is 25.3 Å². The minimum Gasteiger partial charge on any atom is -0.351 e. The molecule has 2 rings (SSSR count). The summed E-state index contributed by atoms with van der Waals surface area (Å²) >= 11 is 0. The Morgan fingerprint density at radius 3 is 2.52 bits per heavy atom. The summed E-state index contributed by atoms with van der Waals surface area (Å²) in [6.45, 7) is 7.11. The topological polar surface area (TPSA) is 44.4 Å². The van der Waals surface area contributed by atoms with Gasteiger partial charge in [-0.1, -0.05) is 19.1 Å². The van der Waals surface area contributed by atoms with Gasteiger partial charge in [-0.3, -0.25) is 9.69 Å². The van der Waals surface area contributed by atoms with Crippen molar-refractivity contribution in [1.82, 2.24) is 15.5 Å². The molecule has 1 aliphatic heterocycles. The molecule has 0 radical (unpaired) electrons. The first kappa shape index (κ1) is 19.9. The van der Waals surface area contributed by atoms with Crippen molar-refractivity contribution < 1.29 is 9.18 Å². The Morgan fingerprint density at radius 1 is 1.26 bits per heavy atom. The number of piperidine rings is 1. The zero-order chi connectivity index (χ0) is 15.8. The molecule has 130 valence electrons. The molecule has 1 amide bonds. The van der Waals surface area contributed by atoms with Crippen molar-refractivity contribution in [2.75, 3.05) is 32.7 Å². The fourth-order valence-electron chi connectivity index (χ4n) is 2.76. The molecule has 0 atom stereocenters. The largest absolute Gasteiger partial charge is 0.351 e. The highest BCUT2D eigenvalue weighted by Crippen LogP contribution is 2.15. The van der Waals surface area contributed by atoms with E-state index in [9.17, 15) is 9.18 Å². The van der Waals surface area contributed by atoms with Crippen LogP contribution < -0.4 is 10.6 Å². The monoisotopic (exact) mass is 343 g/mol.